The van der Waals surface area contributed by atoms with Crippen molar-refractivity contribution in [1.29, 1.82) is 5.41 Å². The third-order valence-electron chi connectivity index (χ3n) is 2.48. The second kappa shape index (κ2) is 7.25. The molecule has 1 rings (SSSR count). The molecule has 0 unspecified atom stereocenters. The fourth-order valence-electron chi connectivity index (χ4n) is 1.60. The molecule has 0 saturated carbocycles. The fraction of sp³-hybridized carbons (Fsp3) is 0.385. The molecule has 0 radical (unpaired) electrons. The maximum atomic E-state index is 12.0. The van der Waals surface area contributed by atoms with Crippen molar-refractivity contribution >= 4 is 17.6 Å². The van der Waals surface area contributed by atoms with Gasteiger partial charge in [0.15, 0.2) is 0 Å². The highest BCUT2D eigenvalue weighted by atomic mass is 16.5. The van der Waals surface area contributed by atoms with Gasteiger partial charge in [0.2, 0.25) is 0 Å². The minimum Gasteiger partial charge on any atom is -0.497 e. The van der Waals surface area contributed by atoms with Crippen LogP contribution in [0.25, 0.3) is 0 Å². The highest BCUT2D eigenvalue weighted by molar-refractivity contribution is 5.92. The molecule has 19 heavy (non-hydrogen) atoms. The van der Waals surface area contributed by atoms with E-state index < -0.39 is 0 Å². The van der Waals surface area contributed by atoms with Crippen LogP contribution in [0.1, 0.15) is 13.3 Å². The summed E-state index contributed by atoms with van der Waals surface area (Å²) in [4.78, 5) is 13.5. The molecule has 0 aliphatic rings. The number of hydrogen-bond donors (Lipinski definition) is 3. The number of methoxy groups -OCH3 is 1. The van der Waals surface area contributed by atoms with E-state index >= 15 is 0 Å². The van der Waals surface area contributed by atoms with E-state index in [1.54, 1.807) is 31.4 Å². The lowest BCUT2D eigenvalue weighted by atomic mass is 10.3. The number of amides is 2. The molecule has 1 aromatic rings. The smallest absolute Gasteiger partial charge is 0.322 e. The van der Waals surface area contributed by atoms with Crippen LogP contribution in [0.4, 0.5) is 10.5 Å². The van der Waals surface area contributed by atoms with Crippen molar-refractivity contribution in [1.82, 2.24) is 4.90 Å². The van der Waals surface area contributed by atoms with Gasteiger partial charge in [-0.2, -0.15) is 0 Å². The van der Waals surface area contributed by atoms with E-state index in [2.05, 4.69) is 5.32 Å². The van der Waals surface area contributed by atoms with Gasteiger partial charge in [-0.3, -0.25) is 5.41 Å². The van der Waals surface area contributed by atoms with Crippen LogP contribution in [0.15, 0.2) is 24.3 Å². The molecule has 0 aromatic heterocycles. The van der Waals surface area contributed by atoms with Gasteiger partial charge in [0, 0.05) is 12.2 Å². The number of urea groups is 1. The zero-order chi connectivity index (χ0) is 14.3. The van der Waals surface area contributed by atoms with Gasteiger partial charge in [0.05, 0.1) is 13.7 Å². The van der Waals surface area contributed by atoms with Crippen molar-refractivity contribution in [3.63, 3.8) is 0 Å². The standard InChI is InChI=1S/C13H20N4O2/c1-3-8-17(9-12(14)15)13(18)16-10-4-6-11(19-2)7-5-10/h4-7H,3,8-9H2,1-2H3,(H3,14,15)(H,16,18). The number of nitrogens with one attached hydrogen (secondary N) is 2. The van der Waals surface area contributed by atoms with E-state index in [1.165, 1.54) is 4.90 Å². The van der Waals surface area contributed by atoms with Gasteiger partial charge in [-0.1, -0.05) is 6.92 Å². The Morgan fingerprint density at radius 2 is 2.05 bits per heavy atom. The van der Waals surface area contributed by atoms with E-state index in [-0.39, 0.29) is 18.4 Å². The largest absolute Gasteiger partial charge is 0.497 e. The second-order valence-corrected chi connectivity index (χ2v) is 4.11. The molecule has 4 N–H and O–H groups in total. The molecular formula is C13H20N4O2. The van der Waals surface area contributed by atoms with Crippen molar-refractivity contribution in [3.8, 4) is 5.75 Å². The number of benzene rings is 1. The van der Waals surface area contributed by atoms with Crippen molar-refractivity contribution < 1.29 is 9.53 Å². The third-order valence-corrected chi connectivity index (χ3v) is 2.48. The minimum absolute atomic E-state index is 0.0293. The summed E-state index contributed by atoms with van der Waals surface area (Å²) in [6.45, 7) is 2.66. The predicted octanol–water partition coefficient (Wildman–Crippen LogP) is 1.88. The van der Waals surface area contributed by atoms with E-state index in [1.807, 2.05) is 6.92 Å². The molecule has 0 saturated heterocycles. The lowest BCUT2D eigenvalue weighted by Crippen LogP contribution is -2.41. The Labute approximate surface area is 113 Å². The number of rotatable bonds is 6. The molecule has 104 valence electrons. The van der Waals surface area contributed by atoms with E-state index in [0.29, 0.717) is 12.2 Å². The summed E-state index contributed by atoms with van der Waals surface area (Å²) in [6.07, 6.45) is 0.809. The Morgan fingerprint density at radius 3 is 2.53 bits per heavy atom. The molecule has 0 aliphatic carbocycles. The number of anilines is 1. The van der Waals surface area contributed by atoms with Gasteiger partial charge in [-0.25, -0.2) is 4.79 Å². The number of nitrogens with zero attached hydrogens (tertiary/aromatic N) is 1. The van der Waals surface area contributed by atoms with Gasteiger partial charge in [-0.15, -0.1) is 0 Å². The van der Waals surface area contributed by atoms with Crippen LogP contribution in [0.5, 0.6) is 5.75 Å². The molecule has 0 spiro atoms. The molecule has 1 aromatic carbocycles. The van der Waals surface area contributed by atoms with Crippen molar-refractivity contribution in [2.75, 3.05) is 25.5 Å². The lowest BCUT2D eigenvalue weighted by molar-refractivity contribution is 0.218. The minimum atomic E-state index is -0.262. The van der Waals surface area contributed by atoms with E-state index in [4.69, 9.17) is 15.9 Å². The van der Waals surface area contributed by atoms with E-state index in [0.717, 1.165) is 12.2 Å². The van der Waals surface area contributed by atoms with Crippen molar-refractivity contribution in [3.05, 3.63) is 24.3 Å². The highest BCUT2D eigenvalue weighted by Gasteiger charge is 2.13. The summed E-state index contributed by atoms with van der Waals surface area (Å²) in [6, 6.07) is 6.79. The van der Waals surface area contributed by atoms with Crippen LogP contribution in [0.3, 0.4) is 0 Å². The molecule has 0 fully saturated rings. The van der Waals surface area contributed by atoms with Gasteiger partial charge in [-0.05, 0) is 30.7 Å². The molecule has 0 aliphatic heterocycles. The Balaban J connectivity index is 2.66. The first kappa shape index (κ1) is 14.8. The quantitative estimate of drug-likeness (QED) is 0.541. The van der Waals surface area contributed by atoms with Crippen molar-refractivity contribution in [2.45, 2.75) is 13.3 Å². The average molecular weight is 264 g/mol. The Morgan fingerprint density at radius 1 is 1.42 bits per heavy atom. The molecule has 0 heterocycles. The van der Waals surface area contributed by atoms with Gasteiger partial charge < -0.3 is 20.7 Å². The average Bonchev–Trinajstić information content (AvgIpc) is 2.38. The van der Waals surface area contributed by atoms with Crippen LogP contribution in [-0.4, -0.2) is 37.0 Å². The number of carbonyl (C=O) groups is 1. The van der Waals surface area contributed by atoms with Gasteiger partial charge >= 0.3 is 6.03 Å². The number of ether oxygens (including phenoxy) is 1. The summed E-state index contributed by atoms with van der Waals surface area (Å²) in [5.41, 5.74) is 6.01. The summed E-state index contributed by atoms with van der Waals surface area (Å²) < 4.78 is 5.05. The first-order valence-corrected chi connectivity index (χ1v) is 6.09. The maximum Gasteiger partial charge on any atom is 0.322 e. The normalized spacial score (nSPS) is 9.79. The number of hydrogen-bond acceptors (Lipinski definition) is 3. The Kier molecular flexibility index (Phi) is 5.66. The molecule has 6 heteroatoms. The predicted molar refractivity (Wildman–Crippen MR) is 75.8 cm³/mol. The molecule has 0 bridgehead atoms. The topological polar surface area (TPSA) is 91.4 Å². The van der Waals surface area contributed by atoms with Crippen LogP contribution in [-0.2, 0) is 0 Å². The van der Waals surface area contributed by atoms with Crippen LogP contribution in [0, 0.1) is 5.41 Å². The first-order chi connectivity index (χ1) is 9.06. The van der Waals surface area contributed by atoms with Crippen LogP contribution < -0.4 is 15.8 Å². The van der Waals surface area contributed by atoms with E-state index in [9.17, 15) is 4.79 Å². The number of nitrogens with two attached hydrogens (primary N) is 1. The summed E-state index contributed by atoms with van der Waals surface area (Å²) in [5.74, 6) is 0.700. The fourth-order valence-corrected chi connectivity index (χ4v) is 1.60. The maximum absolute atomic E-state index is 12.0. The zero-order valence-corrected chi connectivity index (χ0v) is 11.3. The van der Waals surface area contributed by atoms with Crippen LogP contribution in [0.2, 0.25) is 0 Å². The Bertz CT molecular complexity index is 431. The lowest BCUT2D eigenvalue weighted by Gasteiger charge is -2.21. The SMILES string of the molecule is CCCN(CC(=N)N)C(=O)Nc1ccc(OC)cc1. The van der Waals surface area contributed by atoms with Gasteiger partial charge in [0.25, 0.3) is 0 Å². The number of carbonyl (C=O) groups excluding carboxylic acids is 1. The molecule has 2 amide bonds. The first-order valence-electron chi connectivity index (χ1n) is 6.09. The highest BCUT2D eigenvalue weighted by Crippen LogP contribution is 2.15. The monoisotopic (exact) mass is 264 g/mol. The third kappa shape index (κ3) is 4.87. The van der Waals surface area contributed by atoms with Crippen molar-refractivity contribution in [2.24, 2.45) is 5.73 Å². The summed E-state index contributed by atoms with van der Waals surface area (Å²) >= 11 is 0. The van der Waals surface area contributed by atoms with Crippen LogP contribution >= 0.6 is 0 Å². The molecule has 0 atom stereocenters. The molecule has 6 nitrogen and oxygen atoms in total. The number of amidine groups is 1. The summed E-state index contributed by atoms with van der Waals surface area (Å²) in [5, 5.41) is 10.0. The Hall–Kier alpha value is -2.24. The second-order valence-electron chi connectivity index (χ2n) is 4.11. The zero-order valence-electron chi connectivity index (χ0n) is 11.3. The summed E-state index contributed by atoms with van der Waals surface area (Å²) in [7, 11) is 1.59. The molecular weight excluding hydrogens is 244 g/mol. The van der Waals surface area contributed by atoms with Gasteiger partial charge in [0.1, 0.15) is 11.6 Å².